The number of carbonyl (C=O) groups excluding carboxylic acids is 1. The van der Waals surface area contributed by atoms with E-state index < -0.39 is 0 Å². The van der Waals surface area contributed by atoms with Gasteiger partial charge in [-0.15, -0.1) is 24.0 Å². The predicted molar refractivity (Wildman–Crippen MR) is 108 cm³/mol. The Hall–Kier alpha value is -1.31. The maximum atomic E-state index is 11.9. The van der Waals surface area contributed by atoms with Gasteiger partial charge in [-0.25, -0.2) is 0 Å². The molecule has 0 aliphatic heterocycles. The number of hydrogen-bond acceptors (Lipinski definition) is 2. The summed E-state index contributed by atoms with van der Waals surface area (Å²) in [5, 5.41) is 9.32. The van der Waals surface area contributed by atoms with Gasteiger partial charge >= 0.3 is 0 Å². The van der Waals surface area contributed by atoms with Crippen LogP contribution in [0.5, 0.6) is 0 Å². The van der Waals surface area contributed by atoms with Gasteiger partial charge in [0.05, 0.1) is 0 Å². The highest BCUT2D eigenvalue weighted by atomic mass is 127. The smallest absolute Gasteiger partial charge is 0.251 e. The highest BCUT2D eigenvalue weighted by molar-refractivity contribution is 14.0. The van der Waals surface area contributed by atoms with Crippen molar-refractivity contribution in [2.24, 2.45) is 4.99 Å². The summed E-state index contributed by atoms with van der Waals surface area (Å²) in [6.45, 7) is 7.10. The molecule has 1 aromatic carbocycles. The molecule has 0 spiro atoms. The van der Waals surface area contributed by atoms with Gasteiger partial charge in [0.1, 0.15) is 0 Å². The van der Waals surface area contributed by atoms with Gasteiger partial charge < -0.3 is 16.0 Å². The molecule has 23 heavy (non-hydrogen) atoms. The van der Waals surface area contributed by atoms with Gasteiger partial charge in [0.25, 0.3) is 5.91 Å². The summed E-state index contributed by atoms with van der Waals surface area (Å²) in [7, 11) is 0. The first-order valence-electron chi connectivity index (χ1n) is 8.13. The SMILES string of the molecule is CCCCCN=C(NCC)NCCNC(=O)c1ccccc1.I. The molecule has 3 N–H and O–H groups in total. The minimum Gasteiger partial charge on any atom is -0.357 e. The van der Waals surface area contributed by atoms with Crippen LogP contribution in [-0.4, -0.2) is 38.0 Å². The number of rotatable bonds is 9. The van der Waals surface area contributed by atoms with E-state index in [0.717, 1.165) is 25.5 Å². The van der Waals surface area contributed by atoms with Crippen LogP contribution < -0.4 is 16.0 Å². The van der Waals surface area contributed by atoms with Crippen LogP contribution in [0, 0.1) is 0 Å². The molecule has 1 rings (SSSR count). The molecular formula is C17H29IN4O. The van der Waals surface area contributed by atoms with Crippen molar-refractivity contribution in [2.45, 2.75) is 33.1 Å². The fraction of sp³-hybridized carbons (Fsp3) is 0.529. The summed E-state index contributed by atoms with van der Waals surface area (Å²) in [6, 6.07) is 9.23. The Kier molecular flexibility index (Phi) is 13.5. The number of nitrogens with zero attached hydrogens (tertiary/aromatic N) is 1. The summed E-state index contributed by atoms with van der Waals surface area (Å²) in [6.07, 6.45) is 3.51. The molecule has 130 valence electrons. The van der Waals surface area contributed by atoms with E-state index in [2.05, 4.69) is 27.9 Å². The second-order valence-electron chi connectivity index (χ2n) is 5.02. The quantitative estimate of drug-likeness (QED) is 0.243. The zero-order valence-corrected chi connectivity index (χ0v) is 16.4. The Bertz CT molecular complexity index is 451. The van der Waals surface area contributed by atoms with Crippen LogP contribution in [0.4, 0.5) is 0 Å². The van der Waals surface area contributed by atoms with Crippen molar-refractivity contribution < 1.29 is 4.79 Å². The lowest BCUT2D eigenvalue weighted by Gasteiger charge is -2.11. The van der Waals surface area contributed by atoms with Crippen LogP contribution in [-0.2, 0) is 0 Å². The molecule has 0 radical (unpaired) electrons. The normalized spacial score (nSPS) is 10.6. The Morgan fingerprint density at radius 3 is 2.35 bits per heavy atom. The molecule has 0 saturated carbocycles. The molecule has 0 fully saturated rings. The first-order valence-corrected chi connectivity index (χ1v) is 8.13. The highest BCUT2D eigenvalue weighted by Crippen LogP contribution is 1.97. The van der Waals surface area contributed by atoms with Gasteiger partial charge in [-0.05, 0) is 25.5 Å². The molecule has 0 unspecified atom stereocenters. The molecule has 6 heteroatoms. The van der Waals surface area contributed by atoms with E-state index in [1.165, 1.54) is 12.8 Å². The summed E-state index contributed by atoms with van der Waals surface area (Å²) in [5.74, 6) is 0.764. The van der Waals surface area contributed by atoms with Crippen LogP contribution in [0.2, 0.25) is 0 Å². The minimum absolute atomic E-state index is 0. The zero-order valence-electron chi connectivity index (χ0n) is 14.1. The van der Waals surface area contributed by atoms with Gasteiger partial charge in [0.15, 0.2) is 5.96 Å². The Labute approximate surface area is 156 Å². The van der Waals surface area contributed by atoms with Crippen LogP contribution in [0.1, 0.15) is 43.5 Å². The van der Waals surface area contributed by atoms with Gasteiger partial charge in [-0.1, -0.05) is 38.0 Å². The molecule has 0 aliphatic rings. The van der Waals surface area contributed by atoms with E-state index >= 15 is 0 Å². The van der Waals surface area contributed by atoms with E-state index in [-0.39, 0.29) is 29.9 Å². The van der Waals surface area contributed by atoms with E-state index in [1.807, 2.05) is 37.3 Å². The van der Waals surface area contributed by atoms with Gasteiger partial charge in [0, 0.05) is 31.7 Å². The summed E-state index contributed by atoms with van der Waals surface area (Å²) in [5.41, 5.74) is 0.683. The van der Waals surface area contributed by atoms with Gasteiger partial charge in [0.2, 0.25) is 0 Å². The second-order valence-corrected chi connectivity index (χ2v) is 5.02. The molecule has 5 nitrogen and oxygen atoms in total. The minimum atomic E-state index is -0.0488. The molecule has 0 heterocycles. The van der Waals surface area contributed by atoms with E-state index in [1.54, 1.807) is 0 Å². The lowest BCUT2D eigenvalue weighted by atomic mass is 10.2. The lowest BCUT2D eigenvalue weighted by Crippen LogP contribution is -2.41. The molecule has 1 aromatic rings. The predicted octanol–water partition coefficient (Wildman–Crippen LogP) is 2.78. The average molecular weight is 432 g/mol. The van der Waals surface area contributed by atoms with E-state index in [4.69, 9.17) is 0 Å². The third-order valence-electron chi connectivity index (χ3n) is 3.11. The maximum Gasteiger partial charge on any atom is 0.251 e. The lowest BCUT2D eigenvalue weighted by molar-refractivity contribution is 0.0954. The molecule has 0 bridgehead atoms. The van der Waals surface area contributed by atoms with Crippen molar-refractivity contribution in [3.05, 3.63) is 35.9 Å². The van der Waals surface area contributed by atoms with Gasteiger partial charge in [-0.2, -0.15) is 0 Å². The van der Waals surface area contributed by atoms with Crippen molar-refractivity contribution in [2.75, 3.05) is 26.2 Å². The van der Waals surface area contributed by atoms with Crippen LogP contribution in [0.25, 0.3) is 0 Å². The average Bonchev–Trinajstić information content (AvgIpc) is 2.56. The Morgan fingerprint density at radius 2 is 1.70 bits per heavy atom. The molecule has 1 amide bonds. The number of nitrogens with one attached hydrogen (secondary N) is 3. The third-order valence-corrected chi connectivity index (χ3v) is 3.11. The highest BCUT2D eigenvalue weighted by Gasteiger charge is 2.03. The van der Waals surface area contributed by atoms with E-state index in [0.29, 0.717) is 18.7 Å². The zero-order chi connectivity index (χ0) is 16.0. The number of hydrogen-bond donors (Lipinski definition) is 3. The van der Waals surface area contributed by atoms with Crippen LogP contribution in [0.3, 0.4) is 0 Å². The van der Waals surface area contributed by atoms with Crippen molar-refractivity contribution in [1.82, 2.24) is 16.0 Å². The summed E-state index contributed by atoms with van der Waals surface area (Å²) >= 11 is 0. The molecule has 0 saturated heterocycles. The molecule has 0 atom stereocenters. The maximum absolute atomic E-state index is 11.9. The molecular weight excluding hydrogens is 403 g/mol. The number of amides is 1. The van der Waals surface area contributed by atoms with Crippen LogP contribution >= 0.6 is 24.0 Å². The number of guanidine groups is 1. The number of benzene rings is 1. The largest absolute Gasteiger partial charge is 0.357 e. The second kappa shape index (κ2) is 14.3. The Morgan fingerprint density at radius 1 is 1.00 bits per heavy atom. The fourth-order valence-corrected chi connectivity index (χ4v) is 1.94. The topological polar surface area (TPSA) is 65.5 Å². The fourth-order valence-electron chi connectivity index (χ4n) is 1.94. The van der Waals surface area contributed by atoms with Gasteiger partial charge in [-0.3, -0.25) is 9.79 Å². The van der Waals surface area contributed by atoms with Crippen molar-refractivity contribution in [3.63, 3.8) is 0 Å². The molecule has 0 aliphatic carbocycles. The summed E-state index contributed by atoms with van der Waals surface area (Å²) in [4.78, 5) is 16.4. The van der Waals surface area contributed by atoms with E-state index in [9.17, 15) is 4.79 Å². The number of aliphatic imine (C=N–C) groups is 1. The van der Waals surface area contributed by atoms with Crippen molar-refractivity contribution in [1.29, 1.82) is 0 Å². The number of unbranched alkanes of at least 4 members (excludes halogenated alkanes) is 2. The number of halogens is 1. The third kappa shape index (κ3) is 10.1. The van der Waals surface area contributed by atoms with Crippen molar-refractivity contribution in [3.8, 4) is 0 Å². The molecule has 0 aromatic heterocycles. The number of carbonyl (C=O) groups is 1. The summed E-state index contributed by atoms with van der Waals surface area (Å²) < 4.78 is 0. The van der Waals surface area contributed by atoms with Crippen molar-refractivity contribution >= 4 is 35.8 Å². The van der Waals surface area contributed by atoms with Crippen LogP contribution in [0.15, 0.2) is 35.3 Å². The standard InChI is InChI=1S/C17H28N4O.HI/c1-3-5-9-12-20-17(18-4-2)21-14-13-19-16(22)15-10-7-6-8-11-15;/h6-8,10-11H,3-5,9,12-14H2,1-2H3,(H,19,22)(H2,18,20,21);1H. The monoisotopic (exact) mass is 432 g/mol. The Balaban J connectivity index is 0.00000484. The first-order chi connectivity index (χ1) is 10.8. The first kappa shape index (κ1) is 21.7.